The molecule has 2 amide bonds. The molecule has 12 heteroatoms. The second-order valence-electron chi connectivity index (χ2n) is 10.3. The van der Waals surface area contributed by atoms with Crippen molar-refractivity contribution < 1.29 is 31.9 Å². The Kier molecular flexibility index (Phi) is 7.00. The van der Waals surface area contributed by atoms with Crippen molar-refractivity contribution in [2.24, 2.45) is 0 Å². The van der Waals surface area contributed by atoms with E-state index in [1.807, 2.05) is 6.92 Å². The van der Waals surface area contributed by atoms with E-state index in [0.29, 0.717) is 30.0 Å². The van der Waals surface area contributed by atoms with Crippen LogP contribution in [0.3, 0.4) is 0 Å². The average Bonchev–Trinajstić information content (AvgIpc) is 3.32. The van der Waals surface area contributed by atoms with Crippen LogP contribution in [0.4, 0.5) is 28.0 Å². The number of piperidine rings is 1. The van der Waals surface area contributed by atoms with Crippen LogP contribution in [0.25, 0.3) is 5.65 Å². The quantitative estimate of drug-likeness (QED) is 0.379. The van der Waals surface area contributed by atoms with Gasteiger partial charge in [0.05, 0.1) is 11.4 Å². The molecule has 0 radical (unpaired) electrons. The normalized spacial score (nSPS) is 18.8. The predicted octanol–water partition coefficient (Wildman–Crippen LogP) is 6.62. The third-order valence-corrected chi connectivity index (χ3v) is 7.32. The van der Waals surface area contributed by atoms with Crippen LogP contribution in [-0.2, 0) is 10.9 Å². The minimum Gasteiger partial charge on any atom is -0.444 e. The molecule has 7 nitrogen and oxygen atoms in total. The summed E-state index contributed by atoms with van der Waals surface area (Å²) in [5.41, 5.74) is -1.64. The fraction of sp³-hybridized carbons (Fsp3) is 0.480. The van der Waals surface area contributed by atoms with E-state index in [1.165, 1.54) is 22.9 Å². The summed E-state index contributed by atoms with van der Waals surface area (Å²) in [5, 5.41) is 2.40. The molecule has 2 unspecified atom stereocenters. The Hall–Kier alpha value is -3.15. The molecule has 4 heterocycles. The number of pyridine rings is 1. The molecule has 0 saturated carbocycles. The Labute approximate surface area is 215 Å². The van der Waals surface area contributed by atoms with Gasteiger partial charge in [-0.05, 0) is 65.5 Å². The largest absolute Gasteiger partial charge is 0.444 e. The standard InChI is InChI=1S/C25H28F4N4O3S/c1-13-11-32-12-16(9-17(21(32)30-13)25(27,28)29)31-22(34)20-18(26)10-19(37-20)15-6-7-33(14(2)8-15)23(35)36-24(3,4)5/h9-12,14-15H,6-8H2,1-5H3,(H,31,34). The molecule has 200 valence electrons. The lowest BCUT2D eigenvalue weighted by molar-refractivity contribution is -0.136. The third kappa shape index (κ3) is 5.89. The first-order chi connectivity index (χ1) is 17.1. The second kappa shape index (κ2) is 9.62. The number of hydrogen-bond donors (Lipinski definition) is 1. The molecule has 0 aliphatic carbocycles. The number of halogens is 4. The Morgan fingerprint density at radius 1 is 1.19 bits per heavy atom. The summed E-state index contributed by atoms with van der Waals surface area (Å²) in [4.78, 5) is 31.3. The summed E-state index contributed by atoms with van der Waals surface area (Å²) in [6, 6.07) is 1.94. The van der Waals surface area contributed by atoms with Crippen molar-refractivity contribution in [3.05, 3.63) is 51.4 Å². The van der Waals surface area contributed by atoms with Crippen molar-refractivity contribution in [1.82, 2.24) is 14.3 Å². The van der Waals surface area contributed by atoms with Gasteiger partial charge in [-0.1, -0.05) is 0 Å². The summed E-state index contributed by atoms with van der Waals surface area (Å²) in [7, 11) is 0. The molecule has 1 N–H and O–H groups in total. The monoisotopic (exact) mass is 540 g/mol. The molecule has 4 rings (SSSR count). The number of carbonyl (C=O) groups excluding carboxylic acids is 2. The number of carbonyl (C=O) groups is 2. The van der Waals surface area contributed by atoms with Gasteiger partial charge in [0.1, 0.15) is 27.5 Å². The van der Waals surface area contributed by atoms with Gasteiger partial charge in [0.15, 0.2) is 0 Å². The van der Waals surface area contributed by atoms with Crippen LogP contribution in [-0.4, -0.2) is 44.5 Å². The maximum atomic E-state index is 14.8. The van der Waals surface area contributed by atoms with Gasteiger partial charge in [0.2, 0.25) is 0 Å². The smallest absolute Gasteiger partial charge is 0.420 e. The number of hydrogen-bond acceptors (Lipinski definition) is 5. The lowest BCUT2D eigenvalue weighted by Crippen LogP contribution is -2.46. The van der Waals surface area contributed by atoms with Gasteiger partial charge in [-0.25, -0.2) is 14.2 Å². The lowest BCUT2D eigenvalue weighted by Gasteiger charge is -2.38. The molecule has 1 saturated heterocycles. The summed E-state index contributed by atoms with van der Waals surface area (Å²) in [5.74, 6) is -1.65. The van der Waals surface area contributed by atoms with Crippen molar-refractivity contribution in [3.63, 3.8) is 0 Å². The van der Waals surface area contributed by atoms with E-state index in [-0.39, 0.29) is 28.2 Å². The van der Waals surface area contributed by atoms with Gasteiger partial charge < -0.3 is 19.4 Å². The topological polar surface area (TPSA) is 75.9 Å². The molecule has 1 aliphatic rings. The minimum absolute atomic E-state index is 0.0724. The van der Waals surface area contributed by atoms with Crippen molar-refractivity contribution >= 4 is 34.7 Å². The molecule has 37 heavy (non-hydrogen) atoms. The van der Waals surface area contributed by atoms with E-state index < -0.39 is 35.2 Å². The van der Waals surface area contributed by atoms with Gasteiger partial charge in [0, 0.05) is 29.9 Å². The van der Waals surface area contributed by atoms with Crippen LogP contribution in [0.5, 0.6) is 0 Å². The molecule has 1 aliphatic heterocycles. The van der Waals surface area contributed by atoms with Crippen molar-refractivity contribution in [3.8, 4) is 0 Å². The number of aryl methyl sites for hydroxylation is 1. The molecule has 0 bridgehead atoms. The molecule has 0 spiro atoms. The molecule has 3 aromatic rings. The first-order valence-electron chi connectivity index (χ1n) is 11.8. The average molecular weight is 541 g/mol. The van der Waals surface area contributed by atoms with E-state index in [2.05, 4.69) is 10.3 Å². The Morgan fingerprint density at radius 2 is 1.89 bits per heavy atom. The third-order valence-electron chi connectivity index (χ3n) is 6.05. The number of nitrogens with zero attached hydrogens (tertiary/aromatic N) is 3. The number of aromatic nitrogens is 2. The number of ether oxygens (including phenoxy) is 1. The van der Waals surface area contributed by atoms with Gasteiger partial charge >= 0.3 is 12.3 Å². The predicted molar refractivity (Wildman–Crippen MR) is 132 cm³/mol. The zero-order valence-electron chi connectivity index (χ0n) is 21.1. The highest BCUT2D eigenvalue weighted by Crippen LogP contribution is 2.38. The molecular formula is C25H28F4N4O3S. The van der Waals surface area contributed by atoms with Crippen LogP contribution < -0.4 is 5.32 Å². The zero-order chi connectivity index (χ0) is 27.3. The Balaban J connectivity index is 1.50. The number of amides is 2. The first kappa shape index (κ1) is 26.9. The zero-order valence-corrected chi connectivity index (χ0v) is 21.9. The Morgan fingerprint density at radius 3 is 2.51 bits per heavy atom. The number of fused-ring (bicyclic) bond motifs is 1. The number of likely N-dealkylation sites (tertiary alicyclic amines) is 1. The van der Waals surface area contributed by atoms with Gasteiger partial charge in [-0.2, -0.15) is 13.2 Å². The second-order valence-corrected chi connectivity index (χ2v) is 11.4. The number of imidazole rings is 1. The van der Waals surface area contributed by atoms with E-state index in [0.717, 1.165) is 17.4 Å². The number of anilines is 1. The highest BCUT2D eigenvalue weighted by atomic mass is 32.1. The number of thiophene rings is 1. The van der Waals surface area contributed by atoms with Crippen molar-refractivity contribution in [2.45, 2.75) is 71.2 Å². The van der Waals surface area contributed by atoms with E-state index >= 15 is 0 Å². The Bertz CT molecular complexity index is 1340. The lowest BCUT2D eigenvalue weighted by atomic mass is 9.90. The molecule has 0 aromatic carbocycles. The highest BCUT2D eigenvalue weighted by Gasteiger charge is 2.36. The van der Waals surface area contributed by atoms with Crippen LogP contribution in [0.2, 0.25) is 0 Å². The highest BCUT2D eigenvalue weighted by molar-refractivity contribution is 7.14. The van der Waals surface area contributed by atoms with Crippen LogP contribution in [0.1, 0.15) is 72.3 Å². The number of nitrogens with one attached hydrogen (secondary N) is 1. The van der Waals surface area contributed by atoms with Crippen molar-refractivity contribution in [2.75, 3.05) is 11.9 Å². The minimum atomic E-state index is -4.69. The molecule has 1 fully saturated rings. The van der Waals surface area contributed by atoms with Crippen LogP contribution in [0, 0.1) is 12.7 Å². The van der Waals surface area contributed by atoms with Gasteiger partial charge in [-0.15, -0.1) is 11.3 Å². The summed E-state index contributed by atoms with van der Waals surface area (Å²) in [6.45, 7) is 9.25. The fourth-order valence-electron chi connectivity index (χ4n) is 4.45. The number of rotatable bonds is 3. The summed E-state index contributed by atoms with van der Waals surface area (Å²) >= 11 is 0.969. The van der Waals surface area contributed by atoms with E-state index in [9.17, 15) is 27.2 Å². The van der Waals surface area contributed by atoms with Crippen molar-refractivity contribution in [1.29, 1.82) is 0 Å². The molecule has 2 atom stereocenters. The van der Waals surface area contributed by atoms with Crippen LogP contribution in [0.15, 0.2) is 24.5 Å². The number of alkyl halides is 3. The first-order valence-corrected chi connectivity index (χ1v) is 12.6. The maximum absolute atomic E-state index is 14.8. The van der Waals surface area contributed by atoms with Crippen LogP contribution >= 0.6 is 11.3 Å². The molecule has 3 aromatic heterocycles. The summed E-state index contributed by atoms with van der Waals surface area (Å²) in [6.07, 6.45) is -1.24. The molecular weight excluding hydrogens is 512 g/mol. The SMILES string of the molecule is Cc1cn2cc(NC(=O)c3sc(C4CCN(C(=O)OC(C)(C)C)C(C)C4)cc3F)cc(C(F)(F)F)c2n1. The van der Waals surface area contributed by atoms with E-state index in [4.69, 9.17) is 4.74 Å². The van der Waals surface area contributed by atoms with E-state index in [1.54, 1.807) is 32.6 Å². The van der Waals surface area contributed by atoms with Gasteiger partial charge in [0.25, 0.3) is 5.91 Å². The van der Waals surface area contributed by atoms with Gasteiger partial charge in [-0.3, -0.25) is 4.79 Å². The fourth-order valence-corrected chi connectivity index (χ4v) is 5.53. The summed E-state index contributed by atoms with van der Waals surface area (Å²) < 4.78 is 62.2. The maximum Gasteiger partial charge on any atom is 0.420 e.